The van der Waals surface area contributed by atoms with E-state index in [0.717, 1.165) is 17.5 Å². The van der Waals surface area contributed by atoms with Crippen molar-refractivity contribution in [3.05, 3.63) is 71.3 Å². The topological polar surface area (TPSA) is 53.8 Å². The summed E-state index contributed by atoms with van der Waals surface area (Å²) >= 11 is 1.43. The second-order valence-electron chi connectivity index (χ2n) is 5.53. The van der Waals surface area contributed by atoms with E-state index in [1.54, 1.807) is 6.21 Å². The van der Waals surface area contributed by atoms with Crippen molar-refractivity contribution in [1.82, 2.24) is 5.32 Å². The van der Waals surface area contributed by atoms with Gasteiger partial charge in [0.25, 0.3) is 0 Å². The maximum Gasteiger partial charge on any atom is 0.239 e. The summed E-state index contributed by atoms with van der Waals surface area (Å²) in [5, 5.41) is 11.4. The summed E-state index contributed by atoms with van der Waals surface area (Å²) in [5.74, 6) is -0.00627. The Kier molecular flexibility index (Phi) is 5.43. The Morgan fingerprint density at radius 3 is 2.50 bits per heavy atom. The van der Waals surface area contributed by atoms with Crippen molar-refractivity contribution < 1.29 is 4.79 Å². The minimum atomic E-state index is -0.150. The summed E-state index contributed by atoms with van der Waals surface area (Å²) in [7, 11) is 0. The van der Waals surface area contributed by atoms with Crippen LogP contribution in [0.5, 0.6) is 0 Å². The number of amidine groups is 1. The largest absolute Gasteiger partial charge is 0.303 e. The molecule has 1 aliphatic rings. The highest BCUT2D eigenvalue weighted by Crippen LogP contribution is 2.23. The summed E-state index contributed by atoms with van der Waals surface area (Å²) in [6, 6.07) is 18.2. The second-order valence-corrected chi connectivity index (χ2v) is 6.72. The van der Waals surface area contributed by atoms with Gasteiger partial charge < -0.3 is 5.32 Å². The molecule has 5 heteroatoms. The van der Waals surface area contributed by atoms with E-state index in [1.807, 2.05) is 30.3 Å². The summed E-state index contributed by atoms with van der Waals surface area (Å²) in [4.78, 5) is 12.1. The number of hydrogen-bond acceptors (Lipinski definition) is 4. The molecule has 0 bridgehead atoms. The van der Waals surface area contributed by atoms with Crippen LogP contribution in [0.15, 0.2) is 64.8 Å². The maximum atomic E-state index is 12.1. The Morgan fingerprint density at radius 1 is 1.08 bits per heavy atom. The third-order valence-corrected chi connectivity index (χ3v) is 4.86. The van der Waals surface area contributed by atoms with Gasteiger partial charge in [-0.15, -0.1) is 5.10 Å². The molecule has 1 heterocycles. The molecule has 1 aliphatic heterocycles. The van der Waals surface area contributed by atoms with Crippen LogP contribution in [0.4, 0.5) is 0 Å². The number of benzene rings is 2. The highest BCUT2D eigenvalue weighted by molar-refractivity contribution is 8.15. The van der Waals surface area contributed by atoms with Gasteiger partial charge in [0.1, 0.15) is 0 Å². The maximum absolute atomic E-state index is 12.1. The van der Waals surface area contributed by atoms with Crippen molar-refractivity contribution >= 4 is 29.1 Å². The molecule has 122 valence electrons. The van der Waals surface area contributed by atoms with Crippen LogP contribution in [0, 0.1) is 0 Å². The molecule has 1 saturated heterocycles. The monoisotopic (exact) mass is 337 g/mol. The first-order chi connectivity index (χ1) is 11.7. The highest BCUT2D eigenvalue weighted by atomic mass is 32.2. The normalized spacial score (nSPS) is 19.1. The fourth-order valence-electron chi connectivity index (χ4n) is 2.40. The van der Waals surface area contributed by atoms with Crippen molar-refractivity contribution in [2.75, 3.05) is 0 Å². The summed E-state index contributed by atoms with van der Waals surface area (Å²) in [5.41, 5.74) is 3.44. The predicted octanol–water partition coefficient (Wildman–Crippen LogP) is 3.41. The van der Waals surface area contributed by atoms with Crippen LogP contribution in [-0.2, 0) is 17.6 Å². The van der Waals surface area contributed by atoms with Gasteiger partial charge in [0, 0.05) is 0 Å². The van der Waals surface area contributed by atoms with Gasteiger partial charge in [-0.2, -0.15) is 5.10 Å². The van der Waals surface area contributed by atoms with Gasteiger partial charge in [0.2, 0.25) is 5.91 Å². The third kappa shape index (κ3) is 4.32. The standard InChI is InChI=1S/C19H19N3OS/c1-2-14-8-10-15(11-9-14)12-17-18(23)21-19(24-17)22-20-13-16-6-4-3-5-7-16/h3-11,13,17H,2,12H2,1H3,(H,21,22,23)/b20-13-/t17-/m1/s1. The molecule has 1 N–H and O–H groups in total. The Balaban J connectivity index is 1.60. The van der Waals surface area contributed by atoms with Crippen molar-refractivity contribution in [3.63, 3.8) is 0 Å². The van der Waals surface area contributed by atoms with E-state index >= 15 is 0 Å². The van der Waals surface area contributed by atoms with Crippen LogP contribution in [0.2, 0.25) is 0 Å². The van der Waals surface area contributed by atoms with Gasteiger partial charge in [-0.05, 0) is 29.5 Å². The summed E-state index contributed by atoms with van der Waals surface area (Å²) in [6.45, 7) is 2.13. The Morgan fingerprint density at radius 2 is 1.79 bits per heavy atom. The number of hydrogen-bond donors (Lipinski definition) is 1. The zero-order chi connectivity index (χ0) is 16.8. The van der Waals surface area contributed by atoms with E-state index in [2.05, 4.69) is 46.7 Å². The Hall–Kier alpha value is -2.40. The molecule has 0 aliphatic carbocycles. The lowest BCUT2D eigenvalue weighted by Crippen LogP contribution is -2.25. The molecule has 24 heavy (non-hydrogen) atoms. The molecule has 1 atom stereocenters. The van der Waals surface area contributed by atoms with E-state index in [4.69, 9.17) is 0 Å². The zero-order valence-corrected chi connectivity index (χ0v) is 14.3. The molecule has 0 radical (unpaired) electrons. The van der Waals surface area contributed by atoms with E-state index in [9.17, 15) is 4.79 Å². The molecular weight excluding hydrogens is 318 g/mol. The van der Waals surface area contributed by atoms with E-state index in [0.29, 0.717) is 11.6 Å². The number of carbonyl (C=O) groups is 1. The average molecular weight is 337 g/mol. The Bertz CT molecular complexity index is 754. The van der Waals surface area contributed by atoms with E-state index in [1.165, 1.54) is 17.3 Å². The fraction of sp³-hybridized carbons (Fsp3) is 0.211. The molecule has 2 aromatic carbocycles. The Labute approximate surface area is 146 Å². The number of rotatable bonds is 5. The lowest BCUT2D eigenvalue weighted by molar-refractivity contribution is -0.118. The van der Waals surface area contributed by atoms with Crippen molar-refractivity contribution in [1.29, 1.82) is 0 Å². The van der Waals surface area contributed by atoms with Crippen LogP contribution < -0.4 is 5.32 Å². The number of carbonyl (C=O) groups excluding carboxylic acids is 1. The molecule has 2 aromatic rings. The molecule has 0 spiro atoms. The fourth-order valence-corrected chi connectivity index (χ4v) is 3.36. The molecule has 0 unspecified atom stereocenters. The highest BCUT2D eigenvalue weighted by Gasteiger charge is 2.30. The SMILES string of the molecule is CCc1ccc(C[C@H]2S/C(=N\N=C/c3ccccc3)NC2=O)cc1. The van der Waals surface area contributed by atoms with Crippen LogP contribution in [0.1, 0.15) is 23.6 Å². The van der Waals surface area contributed by atoms with E-state index in [-0.39, 0.29) is 11.2 Å². The first-order valence-electron chi connectivity index (χ1n) is 7.96. The van der Waals surface area contributed by atoms with E-state index < -0.39 is 0 Å². The van der Waals surface area contributed by atoms with Gasteiger partial charge in [0.15, 0.2) is 5.17 Å². The van der Waals surface area contributed by atoms with Gasteiger partial charge in [-0.3, -0.25) is 4.79 Å². The quantitative estimate of drug-likeness (QED) is 0.671. The second kappa shape index (κ2) is 7.93. The lowest BCUT2D eigenvalue weighted by atomic mass is 10.1. The molecular formula is C19H19N3OS. The summed E-state index contributed by atoms with van der Waals surface area (Å²) in [6.07, 6.45) is 3.40. The van der Waals surface area contributed by atoms with Gasteiger partial charge in [0.05, 0.1) is 11.5 Å². The van der Waals surface area contributed by atoms with Gasteiger partial charge in [-0.25, -0.2) is 0 Å². The lowest BCUT2D eigenvalue weighted by Gasteiger charge is -2.06. The van der Waals surface area contributed by atoms with Gasteiger partial charge >= 0.3 is 0 Å². The third-order valence-electron chi connectivity index (χ3n) is 3.78. The first-order valence-corrected chi connectivity index (χ1v) is 8.84. The van der Waals surface area contributed by atoms with Crippen LogP contribution >= 0.6 is 11.8 Å². The number of amides is 1. The minimum absolute atomic E-state index is 0.00627. The average Bonchev–Trinajstić information content (AvgIpc) is 2.96. The van der Waals surface area contributed by atoms with Crippen molar-refractivity contribution in [2.45, 2.75) is 25.0 Å². The van der Waals surface area contributed by atoms with Crippen LogP contribution in [-0.4, -0.2) is 22.5 Å². The number of nitrogens with one attached hydrogen (secondary N) is 1. The minimum Gasteiger partial charge on any atom is -0.303 e. The predicted molar refractivity (Wildman–Crippen MR) is 101 cm³/mol. The number of thioether (sulfide) groups is 1. The summed E-state index contributed by atoms with van der Waals surface area (Å²) < 4.78 is 0. The zero-order valence-electron chi connectivity index (χ0n) is 13.5. The number of aryl methyl sites for hydroxylation is 1. The van der Waals surface area contributed by atoms with Crippen LogP contribution in [0.3, 0.4) is 0 Å². The molecule has 1 fully saturated rings. The van der Waals surface area contributed by atoms with Gasteiger partial charge in [-0.1, -0.05) is 73.3 Å². The van der Waals surface area contributed by atoms with Crippen molar-refractivity contribution in [3.8, 4) is 0 Å². The molecule has 0 saturated carbocycles. The number of nitrogens with zero attached hydrogens (tertiary/aromatic N) is 2. The van der Waals surface area contributed by atoms with Crippen molar-refractivity contribution in [2.24, 2.45) is 10.2 Å². The molecule has 1 amide bonds. The smallest absolute Gasteiger partial charge is 0.239 e. The molecule has 4 nitrogen and oxygen atoms in total. The van der Waals surface area contributed by atoms with Crippen LogP contribution in [0.25, 0.3) is 0 Å². The molecule has 0 aromatic heterocycles. The first kappa shape index (κ1) is 16.5. The molecule has 3 rings (SSSR count).